The van der Waals surface area contributed by atoms with E-state index in [0.717, 1.165) is 5.56 Å². The number of likely N-dealkylation sites (N-methyl/N-ethyl adjacent to an activating group) is 1. The Bertz CT molecular complexity index is 504. The highest BCUT2D eigenvalue weighted by Gasteiger charge is 2.21. The lowest BCUT2D eigenvalue weighted by molar-refractivity contribution is -0.148. The van der Waals surface area contributed by atoms with Crippen molar-refractivity contribution in [2.24, 2.45) is 0 Å². The molecule has 1 N–H and O–H groups in total. The first-order valence-electron chi connectivity index (χ1n) is 6.17. The molecule has 1 aromatic rings. The van der Waals surface area contributed by atoms with E-state index in [9.17, 15) is 9.59 Å². The molecule has 0 radical (unpaired) electrons. The van der Waals surface area contributed by atoms with Crippen LogP contribution in [0.15, 0.2) is 18.2 Å². The van der Waals surface area contributed by atoms with E-state index in [0.29, 0.717) is 17.2 Å². The standard InChI is InChI=1S/C14H18ClNO4/c1-9(14(18)19)16(2)13(17)7-5-10-4-6-12(20-3)11(15)8-10/h4,6,8-9H,5,7H2,1-3H3,(H,18,19)/t9-/m0/s1. The number of hydrogen-bond acceptors (Lipinski definition) is 3. The molecule has 0 aromatic heterocycles. The molecule has 6 heteroatoms. The van der Waals surface area contributed by atoms with E-state index >= 15 is 0 Å². The number of rotatable bonds is 6. The van der Waals surface area contributed by atoms with Gasteiger partial charge >= 0.3 is 5.97 Å². The summed E-state index contributed by atoms with van der Waals surface area (Å²) in [6, 6.07) is 4.49. The van der Waals surface area contributed by atoms with Crippen LogP contribution in [0.4, 0.5) is 0 Å². The molecule has 0 saturated heterocycles. The summed E-state index contributed by atoms with van der Waals surface area (Å²) in [6.45, 7) is 1.48. The Morgan fingerprint density at radius 1 is 1.45 bits per heavy atom. The van der Waals surface area contributed by atoms with Gasteiger partial charge in [-0.2, -0.15) is 0 Å². The molecule has 0 saturated carbocycles. The minimum Gasteiger partial charge on any atom is -0.495 e. The van der Waals surface area contributed by atoms with Gasteiger partial charge in [0.05, 0.1) is 12.1 Å². The molecule has 0 fully saturated rings. The highest BCUT2D eigenvalue weighted by Crippen LogP contribution is 2.25. The van der Waals surface area contributed by atoms with Crippen molar-refractivity contribution in [2.75, 3.05) is 14.2 Å². The maximum absolute atomic E-state index is 11.9. The molecule has 0 spiro atoms. The van der Waals surface area contributed by atoms with E-state index in [-0.39, 0.29) is 12.3 Å². The van der Waals surface area contributed by atoms with E-state index in [1.54, 1.807) is 12.1 Å². The molecule has 1 rings (SSSR count). The van der Waals surface area contributed by atoms with Crippen molar-refractivity contribution in [3.05, 3.63) is 28.8 Å². The third-order valence-electron chi connectivity index (χ3n) is 3.18. The van der Waals surface area contributed by atoms with Gasteiger partial charge in [-0.15, -0.1) is 0 Å². The molecule has 0 aliphatic rings. The zero-order valence-electron chi connectivity index (χ0n) is 11.7. The summed E-state index contributed by atoms with van der Waals surface area (Å²) in [4.78, 5) is 23.9. The number of hydrogen-bond donors (Lipinski definition) is 1. The Kier molecular flexibility index (Phi) is 5.82. The van der Waals surface area contributed by atoms with Crippen LogP contribution in [0.3, 0.4) is 0 Å². The topological polar surface area (TPSA) is 66.8 Å². The predicted molar refractivity (Wildman–Crippen MR) is 76.2 cm³/mol. The zero-order chi connectivity index (χ0) is 15.3. The second-order valence-electron chi connectivity index (χ2n) is 4.49. The van der Waals surface area contributed by atoms with E-state index < -0.39 is 12.0 Å². The summed E-state index contributed by atoms with van der Waals surface area (Å²) in [6.07, 6.45) is 0.732. The molecular weight excluding hydrogens is 282 g/mol. The molecule has 0 aliphatic heterocycles. The predicted octanol–water partition coefficient (Wildman–Crippen LogP) is 2.21. The van der Waals surface area contributed by atoms with Crippen molar-refractivity contribution in [2.45, 2.75) is 25.8 Å². The number of aryl methyl sites for hydroxylation is 1. The maximum atomic E-state index is 11.9. The number of carbonyl (C=O) groups is 2. The number of carbonyl (C=O) groups excluding carboxylic acids is 1. The van der Waals surface area contributed by atoms with Crippen LogP contribution in [0.5, 0.6) is 5.75 Å². The van der Waals surface area contributed by atoms with Gasteiger partial charge in [0.25, 0.3) is 0 Å². The van der Waals surface area contributed by atoms with Crippen LogP contribution >= 0.6 is 11.6 Å². The summed E-state index contributed by atoms with van der Waals surface area (Å²) in [7, 11) is 3.02. The fourth-order valence-electron chi connectivity index (χ4n) is 1.67. The van der Waals surface area contributed by atoms with E-state index in [2.05, 4.69) is 0 Å². The van der Waals surface area contributed by atoms with Gasteiger partial charge in [-0.1, -0.05) is 17.7 Å². The maximum Gasteiger partial charge on any atom is 0.326 e. The number of benzene rings is 1. The smallest absolute Gasteiger partial charge is 0.326 e. The Morgan fingerprint density at radius 3 is 2.60 bits per heavy atom. The average molecular weight is 300 g/mol. The largest absolute Gasteiger partial charge is 0.495 e. The zero-order valence-corrected chi connectivity index (χ0v) is 12.5. The number of aliphatic carboxylic acids is 1. The van der Waals surface area contributed by atoms with Gasteiger partial charge in [0.15, 0.2) is 0 Å². The number of nitrogens with zero attached hydrogens (tertiary/aromatic N) is 1. The normalized spacial score (nSPS) is 11.8. The Morgan fingerprint density at radius 2 is 2.10 bits per heavy atom. The van der Waals surface area contributed by atoms with Crippen LogP contribution in [0.2, 0.25) is 5.02 Å². The monoisotopic (exact) mass is 299 g/mol. The summed E-state index contributed by atoms with van der Waals surface area (Å²) in [5.41, 5.74) is 0.903. The van der Waals surface area contributed by atoms with E-state index in [1.807, 2.05) is 6.07 Å². The number of carboxylic acids is 1. The summed E-state index contributed by atoms with van der Waals surface area (Å²) >= 11 is 6.00. The van der Waals surface area contributed by atoms with Gasteiger partial charge < -0.3 is 14.7 Å². The van der Waals surface area contributed by atoms with Crippen LogP contribution < -0.4 is 4.74 Å². The van der Waals surface area contributed by atoms with Crippen LogP contribution in [-0.4, -0.2) is 42.1 Å². The van der Waals surface area contributed by atoms with Crippen LogP contribution in [0.1, 0.15) is 18.9 Å². The lowest BCUT2D eigenvalue weighted by Crippen LogP contribution is -2.40. The first-order chi connectivity index (χ1) is 9.36. The van der Waals surface area contributed by atoms with E-state index in [4.69, 9.17) is 21.4 Å². The molecule has 1 amide bonds. The summed E-state index contributed by atoms with van der Waals surface area (Å²) in [5.74, 6) is -0.654. The van der Waals surface area contributed by atoms with Crippen molar-refractivity contribution in [1.29, 1.82) is 0 Å². The van der Waals surface area contributed by atoms with Crippen molar-refractivity contribution in [3.8, 4) is 5.75 Å². The molecular formula is C14H18ClNO4. The van der Waals surface area contributed by atoms with Crippen molar-refractivity contribution in [1.82, 2.24) is 4.90 Å². The molecule has 5 nitrogen and oxygen atoms in total. The van der Waals surface area contributed by atoms with Crippen molar-refractivity contribution >= 4 is 23.5 Å². The van der Waals surface area contributed by atoms with Gasteiger partial charge in [0.1, 0.15) is 11.8 Å². The summed E-state index contributed by atoms with van der Waals surface area (Å²) < 4.78 is 5.05. The lowest BCUT2D eigenvalue weighted by Gasteiger charge is -2.21. The molecule has 0 aliphatic carbocycles. The minimum absolute atomic E-state index is 0.216. The van der Waals surface area contributed by atoms with Crippen LogP contribution in [-0.2, 0) is 16.0 Å². The highest BCUT2D eigenvalue weighted by atomic mass is 35.5. The second-order valence-corrected chi connectivity index (χ2v) is 4.89. The van der Waals surface area contributed by atoms with E-state index in [1.165, 1.54) is 26.0 Å². The molecule has 0 unspecified atom stereocenters. The molecule has 0 bridgehead atoms. The number of halogens is 1. The van der Waals surface area contributed by atoms with Gasteiger partial charge in [-0.3, -0.25) is 4.79 Å². The van der Waals surface area contributed by atoms with Crippen LogP contribution in [0, 0.1) is 0 Å². The number of carboxylic acid groups (broad SMARTS) is 1. The number of methoxy groups -OCH3 is 1. The first kappa shape index (κ1) is 16.3. The third kappa shape index (κ3) is 4.13. The molecule has 110 valence electrons. The third-order valence-corrected chi connectivity index (χ3v) is 3.47. The first-order valence-corrected chi connectivity index (χ1v) is 6.55. The fraction of sp³-hybridized carbons (Fsp3) is 0.429. The number of amides is 1. The quantitative estimate of drug-likeness (QED) is 0.874. The molecule has 1 aromatic carbocycles. The average Bonchev–Trinajstić information content (AvgIpc) is 2.43. The highest BCUT2D eigenvalue weighted by molar-refractivity contribution is 6.32. The Labute approximate surface area is 123 Å². The van der Waals surface area contributed by atoms with Gasteiger partial charge in [0.2, 0.25) is 5.91 Å². The number of ether oxygens (including phenoxy) is 1. The lowest BCUT2D eigenvalue weighted by atomic mass is 10.1. The van der Waals surface area contributed by atoms with Crippen molar-refractivity contribution < 1.29 is 19.4 Å². The SMILES string of the molecule is COc1ccc(CCC(=O)N(C)[C@@H](C)C(=O)O)cc1Cl. The fourth-order valence-corrected chi connectivity index (χ4v) is 1.95. The minimum atomic E-state index is -1.02. The van der Waals surface area contributed by atoms with Gasteiger partial charge in [-0.05, 0) is 31.0 Å². The molecule has 1 atom stereocenters. The van der Waals surface area contributed by atoms with Gasteiger partial charge in [0, 0.05) is 13.5 Å². The second kappa shape index (κ2) is 7.14. The Balaban J connectivity index is 2.61. The summed E-state index contributed by atoms with van der Waals surface area (Å²) in [5, 5.41) is 9.35. The molecule has 20 heavy (non-hydrogen) atoms. The van der Waals surface area contributed by atoms with Gasteiger partial charge in [-0.25, -0.2) is 4.79 Å². The molecule has 0 heterocycles. The Hall–Kier alpha value is -1.75. The van der Waals surface area contributed by atoms with Crippen molar-refractivity contribution in [3.63, 3.8) is 0 Å². The van der Waals surface area contributed by atoms with Crippen LogP contribution in [0.25, 0.3) is 0 Å².